The first kappa shape index (κ1) is 20.6. The summed E-state index contributed by atoms with van der Waals surface area (Å²) in [7, 11) is 2.64. The maximum Gasteiger partial charge on any atom is 0.0165 e. The van der Waals surface area contributed by atoms with Crippen molar-refractivity contribution in [2.24, 2.45) is 5.73 Å². The van der Waals surface area contributed by atoms with E-state index in [1.165, 1.54) is 11.1 Å². The summed E-state index contributed by atoms with van der Waals surface area (Å²) < 4.78 is 0. The highest BCUT2D eigenvalue weighted by molar-refractivity contribution is 7.13. The first-order chi connectivity index (χ1) is 10.2. The molecular weight excluding hydrogens is 299 g/mol. The van der Waals surface area contributed by atoms with E-state index in [1.807, 2.05) is 0 Å². The van der Waals surface area contributed by atoms with Crippen molar-refractivity contribution in [3.8, 4) is 0 Å². The van der Waals surface area contributed by atoms with Crippen molar-refractivity contribution in [3.05, 3.63) is 35.4 Å². The third-order valence-electron chi connectivity index (χ3n) is 4.62. The lowest BCUT2D eigenvalue weighted by Gasteiger charge is -2.36. The highest BCUT2D eigenvalue weighted by Crippen LogP contribution is 2.36. The van der Waals surface area contributed by atoms with Gasteiger partial charge in [0.25, 0.3) is 0 Å². The first-order valence-corrected chi connectivity index (χ1v) is 9.14. The summed E-state index contributed by atoms with van der Waals surface area (Å²) in [6, 6.07) is 9.15. The van der Waals surface area contributed by atoms with Crippen LogP contribution in [0.15, 0.2) is 24.3 Å². The maximum atomic E-state index is 6.23. The molecule has 132 valence electrons. The van der Waals surface area contributed by atoms with Crippen molar-refractivity contribution in [3.63, 3.8) is 0 Å². The van der Waals surface area contributed by atoms with Crippen LogP contribution >= 0.6 is 9.39 Å². The molecule has 1 rings (SSSR count). The fourth-order valence-corrected chi connectivity index (χ4v) is 3.97. The lowest BCUT2D eigenvalue weighted by molar-refractivity contribution is 0.331. The summed E-state index contributed by atoms with van der Waals surface area (Å²) in [5.41, 5.74) is 9.13. The van der Waals surface area contributed by atoms with E-state index in [0.29, 0.717) is 0 Å². The van der Waals surface area contributed by atoms with Crippen molar-refractivity contribution in [1.82, 2.24) is 5.09 Å². The number of hydrogen-bond acceptors (Lipinski definition) is 2. The van der Waals surface area contributed by atoms with Gasteiger partial charge in [-0.15, -0.1) is 0 Å². The van der Waals surface area contributed by atoms with Crippen molar-refractivity contribution in [2.75, 3.05) is 0 Å². The minimum Gasteiger partial charge on any atom is -0.326 e. The summed E-state index contributed by atoms with van der Waals surface area (Å²) in [4.78, 5) is 0. The van der Waals surface area contributed by atoms with Crippen molar-refractivity contribution in [2.45, 2.75) is 90.1 Å². The van der Waals surface area contributed by atoms with Gasteiger partial charge >= 0.3 is 0 Å². The molecule has 0 saturated heterocycles. The van der Waals surface area contributed by atoms with E-state index in [4.69, 9.17) is 5.73 Å². The molecule has 0 radical (unpaired) electrons. The standard InChI is InChI=1S/C20H37N2P/c1-17(2,13-19(5,6)21)15-9-11-16(12-10-15)18(3,4)14-20(7,8)22-23/h9-12,22H,13-14,21,23H2,1-8H3. The normalized spacial score (nSPS) is 14.2. The zero-order chi connectivity index (χ0) is 18.1. The molecule has 0 aliphatic rings. The molecule has 1 aromatic rings. The van der Waals surface area contributed by atoms with E-state index in [1.54, 1.807) is 0 Å². The Morgan fingerprint density at radius 2 is 1.13 bits per heavy atom. The molecule has 0 aliphatic heterocycles. The Bertz CT molecular complexity index is 507. The zero-order valence-electron chi connectivity index (χ0n) is 16.4. The Hall–Kier alpha value is -0.430. The molecule has 0 saturated carbocycles. The molecule has 0 fully saturated rings. The summed E-state index contributed by atoms with van der Waals surface area (Å²) in [6.45, 7) is 17.9. The molecule has 0 amide bonds. The number of benzene rings is 1. The number of nitrogens with two attached hydrogens (primary N) is 1. The second-order valence-electron chi connectivity index (χ2n) is 9.72. The van der Waals surface area contributed by atoms with Gasteiger partial charge in [0.15, 0.2) is 0 Å². The van der Waals surface area contributed by atoms with Gasteiger partial charge in [-0.1, -0.05) is 61.4 Å². The van der Waals surface area contributed by atoms with Gasteiger partial charge < -0.3 is 5.73 Å². The van der Waals surface area contributed by atoms with Crippen LogP contribution in [0, 0.1) is 0 Å². The van der Waals surface area contributed by atoms with Crippen LogP contribution in [0.25, 0.3) is 0 Å². The van der Waals surface area contributed by atoms with Crippen LogP contribution in [0.4, 0.5) is 0 Å². The van der Waals surface area contributed by atoms with Crippen LogP contribution in [-0.4, -0.2) is 11.1 Å². The summed E-state index contributed by atoms with van der Waals surface area (Å²) >= 11 is 0. The van der Waals surface area contributed by atoms with Gasteiger partial charge in [0, 0.05) is 11.1 Å². The van der Waals surface area contributed by atoms with Gasteiger partial charge in [-0.2, -0.15) is 0 Å². The Labute approximate surface area is 146 Å². The Kier molecular flexibility index (Phi) is 6.12. The van der Waals surface area contributed by atoms with E-state index >= 15 is 0 Å². The smallest absolute Gasteiger partial charge is 0.0165 e. The molecule has 3 heteroatoms. The van der Waals surface area contributed by atoms with Crippen LogP contribution in [0.3, 0.4) is 0 Å². The Morgan fingerprint density at radius 1 is 0.783 bits per heavy atom. The van der Waals surface area contributed by atoms with Crippen molar-refractivity contribution < 1.29 is 0 Å². The largest absolute Gasteiger partial charge is 0.326 e. The monoisotopic (exact) mass is 336 g/mol. The number of rotatable bonds is 7. The quantitative estimate of drug-likeness (QED) is 0.694. The van der Waals surface area contributed by atoms with E-state index in [9.17, 15) is 0 Å². The average molecular weight is 337 g/mol. The second-order valence-corrected chi connectivity index (χ2v) is 10.0. The average Bonchev–Trinajstić information content (AvgIpc) is 2.35. The van der Waals surface area contributed by atoms with Crippen molar-refractivity contribution in [1.29, 1.82) is 0 Å². The molecule has 0 bridgehead atoms. The predicted octanol–water partition coefficient (Wildman–Crippen LogP) is 4.92. The molecular formula is C20H37N2P. The van der Waals surface area contributed by atoms with Crippen molar-refractivity contribution >= 4 is 9.39 Å². The molecule has 1 atom stereocenters. The first-order valence-electron chi connectivity index (χ1n) is 8.56. The third-order valence-corrected chi connectivity index (χ3v) is 5.40. The maximum absolute atomic E-state index is 6.23. The van der Waals surface area contributed by atoms with E-state index in [0.717, 1.165) is 12.8 Å². The van der Waals surface area contributed by atoms with E-state index in [-0.39, 0.29) is 21.9 Å². The minimum atomic E-state index is -0.157. The second kappa shape index (κ2) is 6.82. The summed E-state index contributed by atoms with van der Waals surface area (Å²) in [6.07, 6.45) is 2.04. The summed E-state index contributed by atoms with van der Waals surface area (Å²) in [5.74, 6) is 0. The van der Waals surface area contributed by atoms with Gasteiger partial charge in [-0.25, -0.2) is 0 Å². The fourth-order valence-electron chi connectivity index (χ4n) is 3.87. The molecule has 23 heavy (non-hydrogen) atoms. The molecule has 0 spiro atoms. The van der Waals surface area contributed by atoms with Gasteiger partial charge in [0.1, 0.15) is 0 Å². The van der Waals surface area contributed by atoms with Gasteiger partial charge in [-0.3, -0.25) is 5.09 Å². The SMILES string of the molecule is CC(C)(N)CC(C)(C)c1ccc(C(C)(C)CC(C)(C)NP)cc1. The molecule has 3 N–H and O–H groups in total. The molecule has 0 aromatic heterocycles. The predicted molar refractivity (Wildman–Crippen MR) is 107 cm³/mol. The van der Waals surface area contributed by atoms with E-state index in [2.05, 4.69) is 94.1 Å². The molecule has 1 aromatic carbocycles. The number of hydrogen-bond donors (Lipinski definition) is 2. The van der Waals surface area contributed by atoms with Crippen LogP contribution < -0.4 is 10.8 Å². The minimum absolute atomic E-state index is 0.0851. The Morgan fingerprint density at radius 3 is 1.43 bits per heavy atom. The molecule has 2 nitrogen and oxygen atoms in total. The zero-order valence-corrected chi connectivity index (χ0v) is 17.5. The molecule has 1 unspecified atom stereocenters. The lowest BCUT2D eigenvalue weighted by atomic mass is 9.72. The number of nitrogens with one attached hydrogen (secondary N) is 1. The highest BCUT2D eigenvalue weighted by Gasteiger charge is 2.31. The molecule has 0 aliphatic carbocycles. The Balaban J connectivity index is 3.00. The van der Waals surface area contributed by atoms with Crippen LogP contribution in [0.1, 0.15) is 79.4 Å². The van der Waals surface area contributed by atoms with E-state index < -0.39 is 0 Å². The van der Waals surface area contributed by atoms with Gasteiger partial charge in [-0.05, 0) is 62.5 Å². The van der Waals surface area contributed by atoms with Crippen LogP contribution in [0.5, 0.6) is 0 Å². The third kappa shape index (κ3) is 6.18. The van der Waals surface area contributed by atoms with Crippen LogP contribution in [-0.2, 0) is 10.8 Å². The van der Waals surface area contributed by atoms with Gasteiger partial charge in [0.2, 0.25) is 0 Å². The van der Waals surface area contributed by atoms with Gasteiger partial charge in [0.05, 0.1) is 0 Å². The highest BCUT2D eigenvalue weighted by atomic mass is 31.0. The fraction of sp³-hybridized carbons (Fsp3) is 0.700. The lowest BCUT2D eigenvalue weighted by Crippen LogP contribution is -2.39. The molecule has 0 heterocycles. The topological polar surface area (TPSA) is 38.0 Å². The van der Waals surface area contributed by atoms with Crippen LogP contribution in [0.2, 0.25) is 0 Å². The summed E-state index contributed by atoms with van der Waals surface area (Å²) in [5, 5.41) is 3.33.